The van der Waals surface area contributed by atoms with Crippen molar-refractivity contribution < 1.29 is 26.7 Å². The zero-order valence-electron chi connectivity index (χ0n) is 21.0. The fourth-order valence-electron chi connectivity index (χ4n) is 5.30. The SMILES string of the molecule is NC1CC2CCC(C1)N2C(=O)[C@H](NS(=O)(=O)c1ccc(Oc2ccc(Cl)cn2)cc1)C(F)(F)c1ccc(Br)cc1. The number of fused-ring (bicyclic) bond motifs is 2. The molecule has 2 aliphatic heterocycles. The van der Waals surface area contributed by atoms with Crippen LogP contribution < -0.4 is 15.2 Å². The van der Waals surface area contributed by atoms with Crippen LogP contribution in [0.3, 0.4) is 0 Å². The number of piperidine rings is 1. The van der Waals surface area contributed by atoms with Crippen molar-refractivity contribution in [3.8, 4) is 11.6 Å². The summed E-state index contributed by atoms with van der Waals surface area (Å²) in [5, 5.41) is 0.421. The maximum Gasteiger partial charge on any atom is 0.298 e. The standard InChI is InChI=1S/C27H26BrClF2N4O4S/c28-17-3-1-16(2-4-17)27(30,31)25(26(36)35-20-6-7-21(35)14-19(32)13-20)34-40(37,38)23-10-8-22(9-11-23)39-24-12-5-18(29)15-33-24/h1-5,8-12,15,19-21,25,34H,6-7,13-14,32H2/t19?,20?,21?,25-/m0/s1. The second kappa shape index (κ2) is 11.3. The minimum atomic E-state index is -4.56. The monoisotopic (exact) mass is 654 g/mol. The van der Waals surface area contributed by atoms with Gasteiger partial charge in [-0.2, -0.15) is 13.5 Å². The van der Waals surface area contributed by atoms with Crippen molar-refractivity contribution in [2.24, 2.45) is 5.73 Å². The van der Waals surface area contributed by atoms with Gasteiger partial charge in [-0.05, 0) is 68.1 Å². The van der Waals surface area contributed by atoms with E-state index in [1.807, 2.05) is 4.72 Å². The lowest BCUT2D eigenvalue weighted by Crippen LogP contribution is -2.60. The number of nitrogens with two attached hydrogens (primary N) is 1. The number of halogens is 4. The Balaban J connectivity index is 1.43. The van der Waals surface area contributed by atoms with Gasteiger partial charge in [-0.15, -0.1) is 0 Å². The number of hydrogen-bond acceptors (Lipinski definition) is 6. The molecule has 1 amide bonds. The zero-order valence-corrected chi connectivity index (χ0v) is 24.2. The molecule has 2 aromatic carbocycles. The van der Waals surface area contributed by atoms with E-state index in [0.717, 1.165) is 12.1 Å². The second-order valence-corrected chi connectivity index (χ2v) is 13.0. The highest BCUT2D eigenvalue weighted by atomic mass is 79.9. The van der Waals surface area contributed by atoms with Crippen LogP contribution in [0.1, 0.15) is 31.2 Å². The highest BCUT2D eigenvalue weighted by Crippen LogP contribution is 2.40. The minimum Gasteiger partial charge on any atom is -0.439 e. The number of nitrogens with one attached hydrogen (secondary N) is 1. The molecule has 1 aromatic heterocycles. The van der Waals surface area contributed by atoms with Crippen molar-refractivity contribution in [1.29, 1.82) is 0 Å². The van der Waals surface area contributed by atoms with Crippen LogP contribution in [0.5, 0.6) is 11.6 Å². The largest absolute Gasteiger partial charge is 0.439 e. The van der Waals surface area contributed by atoms with E-state index in [0.29, 0.717) is 35.2 Å². The van der Waals surface area contributed by atoms with Crippen LogP contribution >= 0.6 is 27.5 Å². The van der Waals surface area contributed by atoms with Crippen LogP contribution in [-0.2, 0) is 20.7 Å². The fourth-order valence-corrected chi connectivity index (χ4v) is 6.87. The molecule has 13 heteroatoms. The van der Waals surface area contributed by atoms with Crippen LogP contribution in [0, 0.1) is 0 Å². The highest BCUT2D eigenvalue weighted by molar-refractivity contribution is 9.10. The van der Waals surface area contributed by atoms with E-state index in [9.17, 15) is 13.2 Å². The molecule has 0 saturated carbocycles. The number of benzene rings is 2. The third-order valence-corrected chi connectivity index (χ3v) is 9.38. The lowest BCUT2D eigenvalue weighted by molar-refractivity contribution is -0.149. The molecule has 2 fully saturated rings. The summed E-state index contributed by atoms with van der Waals surface area (Å²) in [4.78, 5) is 18.9. The smallest absolute Gasteiger partial charge is 0.298 e. The minimum absolute atomic E-state index is 0.132. The van der Waals surface area contributed by atoms with Gasteiger partial charge in [0.1, 0.15) is 5.75 Å². The molecule has 8 nitrogen and oxygen atoms in total. The molecule has 3 heterocycles. The molecule has 212 valence electrons. The molecular formula is C27H26BrClF2N4O4S. The van der Waals surface area contributed by atoms with E-state index in [1.165, 1.54) is 53.6 Å². The van der Waals surface area contributed by atoms with Crippen molar-refractivity contribution in [1.82, 2.24) is 14.6 Å². The van der Waals surface area contributed by atoms with Gasteiger partial charge in [0, 0.05) is 40.4 Å². The number of alkyl halides is 2. The van der Waals surface area contributed by atoms with Crippen molar-refractivity contribution in [3.63, 3.8) is 0 Å². The first-order valence-corrected chi connectivity index (χ1v) is 15.2. The number of aromatic nitrogens is 1. The first-order valence-electron chi connectivity index (χ1n) is 12.6. The fraction of sp³-hybridized carbons (Fsp3) is 0.333. The summed E-state index contributed by atoms with van der Waals surface area (Å²) in [5.74, 6) is -4.33. The highest BCUT2D eigenvalue weighted by Gasteiger charge is 2.53. The van der Waals surface area contributed by atoms with Gasteiger partial charge < -0.3 is 15.4 Å². The summed E-state index contributed by atoms with van der Waals surface area (Å²) in [5.41, 5.74) is 5.62. The van der Waals surface area contributed by atoms with Crippen LogP contribution in [0.2, 0.25) is 5.02 Å². The summed E-state index contributed by atoms with van der Waals surface area (Å²) >= 11 is 9.04. The summed E-state index contributed by atoms with van der Waals surface area (Å²) in [6, 6.07) is 10.3. The molecule has 3 N–H and O–H groups in total. The van der Waals surface area contributed by atoms with Crippen LogP contribution in [0.25, 0.3) is 0 Å². The maximum atomic E-state index is 16.0. The van der Waals surface area contributed by atoms with Gasteiger partial charge in [-0.3, -0.25) is 4.79 Å². The molecule has 0 aliphatic carbocycles. The normalized spacial score (nSPS) is 21.7. The summed E-state index contributed by atoms with van der Waals surface area (Å²) in [6.45, 7) is 0. The van der Waals surface area contributed by atoms with Gasteiger partial charge in [-0.1, -0.05) is 39.7 Å². The Morgan fingerprint density at radius 2 is 1.70 bits per heavy atom. The number of pyridine rings is 1. The third-order valence-electron chi connectivity index (χ3n) is 7.19. The molecule has 2 saturated heterocycles. The first kappa shape index (κ1) is 28.9. The lowest BCUT2D eigenvalue weighted by Gasteiger charge is -2.41. The first-order chi connectivity index (χ1) is 18.9. The van der Waals surface area contributed by atoms with Gasteiger partial charge in [0.15, 0.2) is 6.04 Å². The summed E-state index contributed by atoms with van der Waals surface area (Å²) in [7, 11) is -4.56. The molecule has 3 aromatic rings. The number of sulfonamides is 1. The van der Waals surface area contributed by atoms with Crippen molar-refractivity contribution in [2.75, 3.05) is 0 Å². The van der Waals surface area contributed by atoms with Gasteiger partial charge >= 0.3 is 0 Å². The molecule has 2 bridgehead atoms. The Bertz CT molecular complexity index is 1460. The Hall–Kier alpha value is -2.64. The van der Waals surface area contributed by atoms with E-state index < -0.39 is 33.5 Å². The van der Waals surface area contributed by atoms with Crippen LogP contribution in [-0.4, -0.2) is 48.4 Å². The molecule has 3 atom stereocenters. The topological polar surface area (TPSA) is 115 Å². The number of amides is 1. The molecule has 0 radical (unpaired) electrons. The maximum absolute atomic E-state index is 16.0. The Kier molecular flexibility index (Phi) is 8.17. The number of nitrogens with zero attached hydrogens (tertiary/aromatic N) is 2. The van der Waals surface area contributed by atoms with Crippen LogP contribution in [0.4, 0.5) is 8.78 Å². The van der Waals surface area contributed by atoms with E-state index in [2.05, 4.69) is 20.9 Å². The lowest BCUT2D eigenvalue weighted by atomic mass is 9.95. The summed E-state index contributed by atoms with van der Waals surface area (Å²) in [6.07, 6.45) is 3.63. The zero-order chi connectivity index (χ0) is 28.7. The van der Waals surface area contributed by atoms with Crippen molar-refractivity contribution in [3.05, 3.63) is 81.9 Å². The van der Waals surface area contributed by atoms with Gasteiger partial charge in [0.25, 0.3) is 5.92 Å². The number of ether oxygens (including phenoxy) is 1. The van der Waals surface area contributed by atoms with Gasteiger partial charge in [0.05, 0.1) is 9.92 Å². The predicted octanol–water partition coefficient (Wildman–Crippen LogP) is 5.21. The number of hydrogen-bond donors (Lipinski definition) is 2. The molecule has 5 rings (SSSR count). The number of rotatable bonds is 8. The van der Waals surface area contributed by atoms with E-state index in [-0.39, 0.29) is 34.7 Å². The summed E-state index contributed by atoms with van der Waals surface area (Å²) < 4.78 is 67.0. The molecule has 0 spiro atoms. The van der Waals surface area contributed by atoms with Gasteiger partial charge in [0.2, 0.25) is 21.8 Å². The number of carbonyl (C=O) groups is 1. The van der Waals surface area contributed by atoms with E-state index in [4.69, 9.17) is 22.1 Å². The molecule has 2 unspecified atom stereocenters. The molecule has 2 aliphatic rings. The average Bonchev–Trinajstić information content (AvgIpc) is 3.19. The average molecular weight is 656 g/mol. The molecular weight excluding hydrogens is 630 g/mol. The van der Waals surface area contributed by atoms with E-state index in [1.54, 1.807) is 6.07 Å². The Morgan fingerprint density at radius 3 is 2.27 bits per heavy atom. The number of carbonyl (C=O) groups excluding carboxylic acids is 1. The van der Waals surface area contributed by atoms with E-state index >= 15 is 8.78 Å². The Morgan fingerprint density at radius 1 is 1.07 bits per heavy atom. The van der Waals surface area contributed by atoms with Crippen molar-refractivity contribution >= 4 is 43.5 Å². The van der Waals surface area contributed by atoms with Crippen LogP contribution in [0.15, 0.2) is 76.2 Å². The molecule has 40 heavy (non-hydrogen) atoms. The Labute approximate surface area is 244 Å². The van der Waals surface area contributed by atoms with Crippen molar-refractivity contribution in [2.45, 2.75) is 60.7 Å². The quantitative estimate of drug-likeness (QED) is 0.345. The van der Waals surface area contributed by atoms with Gasteiger partial charge in [-0.25, -0.2) is 13.4 Å². The third kappa shape index (κ3) is 6.01. The second-order valence-electron chi connectivity index (χ2n) is 9.93. The predicted molar refractivity (Wildman–Crippen MR) is 149 cm³/mol.